The van der Waals surface area contributed by atoms with Crippen LogP contribution in [0.25, 0.3) is 117 Å². The zero-order valence-electron chi connectivity index (χ0n) is 33.4. The van der Waals surface area contributed by atoms with Gasteiger partial charge in [-0.1, -0.05) is 146 Å². The summed E-state index contributed by atoms with van der Waals surface area (Å²) in [5.41, 5.74) is 13.6. The quantitative estimate of drug-likeness (QED) is 0.168. The van der Waals surface area contributed by atoms with E-state index in [4.69, 9.17) is 14.6 Å². The minimum absolute atomic E-state index is 0.785. The Morgan fingerprint density at radius 1 is 0.339 bits per heavy atom. The average Bonchev–Trinajstić information content (AvgIpc) is 4.12. The van der Waals surface area contributed by atoms with Crippen LogP contribution in [0.3, 0.4) is 0 Å². The van der Waals surface area contributed by atoms with Crippen molar-refractivity contribution in [3.8, 4) is 51.0 Å². The van der Waals surface area contributed by atoms with Crippen molar-refractivity contribution in [3.63, 3.8) is 0 Å². The molecule has 4 aromatic heterocycles. The second-order valence-electron chi connectivity index (χ2n) is 15.8. The fourth-order valence-electron chi connectivity index (χ4n) is 9.71. The number of furan rings is 1. The van der Waals surface area contributed by atoms with Gasteiger partial charge in [-0.3, -0.25) is 4.57 Å². The van der Waals surface area contributed by atoms with Gasteiger partial charge in [0.15, 0.2) is 17.2 Å². The summed E-state index contributed by atoms with van der Waals surface area (Å²) < 4.78 is 13.7. The first-order valence-corrected chi connectivity index (χ1v) is 20.9. The Labute approximate surface area is 355 Å². The maximum atomic E-state index is 6.75. The van der Waals surface area contributed by atoms with E-state index >= 15 is 0 Å². The molecule has 9 aromatic carbocycles. The van der Waals surface area contributed by atoms with Gasteiger partial charge in [0, 0.05) is 60.3 Å². The molecule has 13 aromatic rings. The SMILES string of the molecule is c1ccc(-c2nnc(-c3ccc4c(c3)c3ccccc3n4-c3ccccc3-c3ccccc3-n3c4ccccc4c4ccc5c6ccccc6oc5c43)n2-c2ccccc2)cc1. The fourth-order valence-corrected chi connectivity index (χ4v) is 9.71. The molecule has 0 saturated heterocycles. The molecule has 0 bridgehead atoms. The monoisotopic (exact) mass is 793 g/mol. The summed E-state index contributed by atoms with van der Waals surface area (Å²) in [4.78, 5) is 0. The minimum atomic E-state index is 0.785. The number of hydrogen-bond donors (Lipinski definition) is 0. The molecular formula is C56H35N5O. The Morgan fingerprint density at radius 3 is 1.61 bits per heavy atom. The molecule has 6 nitrogen and oxygen atoms in total. The van der Waals surface area contributed by atoms with Crippen LogP contribution in [-0.4, -0.2) is 23.9 Å². The van der Waals surface area contributed by atoms with E-state index in [-0.39, 0.29) is 0 Å². The van der Waals surface area contributed by atoms with Crippen LogP contribution in [0, 0.1) is 0 Å². The molecular weight excluding hydrogens is 759 g/mol. The molecule has 0 spiro atoms. The lowest BCUT2D eigenvalue weighted by Crippen LogP contribution is -2.01. The van der Waals surface area contributed by atoms with Crippen molar-refractivity contribution in [2.24, 2.45) is 0 Å². The van der Waals surface area contributed by atoms with Crippen molar-refractivity contribution in [1.82, 2.24) is 23.9 Å². The number of aromatic nitrogens is 5. The number of fused-ring (bicyclic) bond motifs is 10. The van der Waals surface area contributed by atoms with Crippen LogP contribution in [0.15, 0.2) is 217 Å². The zero-order chi connectivity index (χ0) is 40.7. The molecule has 0 N–H and O–H groups in total. The first kappa shape index (κ1) is 34.4. The van der Waals surface area contributed by atoms with E-state index in [0.29, 0.717) is 0 Å². The Bertz CT molecular complexity index is 3870. The first-order valence-electron chi connectivity index (χ1n) is 20.9. The highest BCUT2D eigenvalue weighted by Crippen LogP contribution is 2.44. The number of benzene rings is 9. The standard InChI is InChI=1S/C56H35N5O/c1-3-17-36(18-4-1)55-57-58-56(59(55)38-19-5-2-6-20-38)37-31-34-51-46(35-37)42-24-10-13-27-48(42)60(51)47-26-12-7-21-39(47)40-22-8-14-28-49(40)61-50-29-15-9-23-41(50)44-32-33-45-43-25-11-16-30-52(43)62-54(45)53(44)61/h1-35H. The summed E-state index contributed by atoms with van der Waals surface area (Å²) in [6.07, 6.45) is 0. The maximum Gasteiger partial charge on any atom is 0.168 e. The topological polar surface area (TPSA) is 53.7 Å². The summed E-state index contributed by atoms with van der Waals surface area (Å²) in [7, 11) is 0. The average molecular weight is 794 g/mol. The van der Waals surface area contributed by atoms with Crippen LogP contribution in [0.2, 0.25) is 0 Å². The second kappa shape index (κ2) is 13.5. The number of hydrogen-bond acceptors (Lipinski definition) is 3. The fraction of sp³-hybridized carbons (Fsp3) is 0. The van der Waals surface area contributed by atoms with E-state index in [2.05, 4.69) is 196 Å². The molecule has 13 rings (SSSR count). The number of nitrogens with zero attached hydrogens (tertiary/aromatic N) is 5. The third-order valence-electron chi connectivity index (χ3n) is 12.4. The predicted octanol–water partition coefficient (Wildman–Crippen LogP) is 14.4. The molecule has 0 radical (unpaired) electrons. The predicted molar refractivity (Wildman–Crippen MR) is 254 cm³/mol. The van der Waals surface area contributed by atoms with Gasteiger partial charge in [0.1, 0.15) is 5.58 Å². The highest BCUT2D eigenvalue weighted by atomic mass is 16.3. The third kappa shape index (κ3) is 5.04. The lowest BCUT2D eigenvalue weighted by atomic mass is 10.0. The van der Waals surface area contributed by atoms with E-state index in [9.17, 15) is 0 Å². The Hall–Kier alpha value is -8.48. The molecule has 0 amide bonds. The van der Waals surface area contributed by atoms with Gasteiger partial charge < -0.3 is 13.6 Å². The maximum absolute atomic E-state index is 6.75. The summed E-state index contributed by atoms with van der Waals surface area (Å²) in [5, 5.41) is 16.5. The molecule has 4 heterocycles. The van der Waals surface area contributed by atoms with Crippen LogP contribution < -0.4 is 0 Å². The highest BCUT2D eigenvalue weighted by molar-refractivity contribution is 6.22. The Balaban J connectivity index is 1.04. The van der Waals surface area contributed by atoms with E-state index in [1.54, 1.807) is 0 Å². The van der Waals surface area contributed by atoms with Crippen LogP contribution >= 0.6 is 0 Å². The van der Waals surface area contributed by atoms with Gasteiger partial charge in [-0.2, -0.15) is 0 Å². The molecule has 0 aliphatic rings. The Kier molecular flexibility index (Phi) is 7.50. The van der Waals surface area contributed by atoms with E-state index in [1.165, 1.54) is 5.39 Å². The summed E-state index contributed by atoms with van der Waals surface area (Å²) in [6, 6.07) is 75.1. The lowest BCUT2D eigenvalue weighted by Gasteiger charge is -2.18. The van der Waals surface area contributed by atoms with E-state index in [0.717, 1.165) is 111 Å². The van der Waals surface area contributed by atoms with Crippen molar-refractivity contribution in [1.29, 1.82) is 0 Å². The third-order valence-corrected chi connectivity index (χ3v) is 12.4. The minimum Gasteiger partial charge on any atom is -0.454 e. The highest BCUT2D eigenvalue weighted by Gasteiger charge is 2.24. The van der Waals surface area contributed by atoms with Crippen LogP contribution in [0.4, 0.5) is 0 Å². The summed E-state index contributed by atoms with van der Waals surface area (Å²) in [6.45, 7) is 0. The second-order valence-corrected chi connectivity index (χ2v) is 15.8. The van der Waals surface area contributed by atoms with Gasteiger partial charge in [-0.15, -0.1) is 10.2 Å². The first-order chi connectivity index (χ1) is 30.8. The van der Waals surface area contributed by atoms with Crippen molar-refractivity contribution < 1.29 is 4.42 Å². The van der Waals surface area contributed by atoms with Gasteiger partial charge in [-0.25, -0.2) is 0 Å². The van der Waals surface area contributed by atoms with Crippen molar-refractivity contribution >= 4 is 65.6 Å². The van der Waals surface area contributed by atoms with Gasteiger partial charge in [0.25, 0.3) is 0 Å². The molecule has 62 heavy (non-hydrogen) atoms. The van der Waals surface area contributed by atoms with Crippen molar-refractivity contribution in [3.05, 3.63) is 212 Å². The normalized spacial score (nSPS) is 11.9. The van der Waals surface area contributed by atoms with Crippen molar-refractivity contribution in [2.45, 2.75) is 0 Å². The largest absolute Gasteiger partial charge is 0.454 e. The van der Waals surface area contributed by atoms with Crippen LogP contribution in [0.1, 0.15) is 0 Å². The summed E-state index contributed by atoms with van der Waals surface area (Å²) in [5.74, 6) is 1.58. The van der Waals surface area contributed by atoms with Gasteiger partial charge in [0.2, 0.25) is 0 Å². The molecule has 0 aliphatic heterocycles. The molecule has 0 fully saturated rings. The molecule has 6 heteroatoms. The van der Waals surface area contributed by atoms with Gasteiger partial charge in [0.05, 0.1) is 33.4 Å². The summed E-state index contributed by atoms with van der Waals surface area (Å²) >= 11 is 0. The van der Waals surface area contributed by atoms with Crippen LogP contribution in [0.5, 0.6) is 0 Å². The number of para-hydroxylation sites is 6. The lowest BCUT2D eigenvalue weighted by molar-refractivity contribution is 0.671. The van der Waals surface area contributed by atoms with E-state index < -0.39 is 0 Å². The smallest absolute Gasteiger partial charge is 0.168 e. The number of rotatable bonds is 6. The molecule has 0 saturated carbocycles. The van der Waals surface area contributed by atoms with Gasteiger partial charge in [-0.05, 0) is 66.7 Å². The Morgan fingerprint density at radius 2 is 0.871 bits per heavy atom. The molecule has 0 unspecified atom stereocenters. The molecule has 0 atom stereocenters. The van der Waals surface area contributed by atoms with Crippen LogP contribution in [-0.2, 0) is 0 Å². The van der Waals surface area contributed by atoms with E-state index in [1.807, 2.05) is 30.3 Å². The van der Waals surface area contributed by atoms with Gasteiger partial charge >= 0.3 is 0 Å². The molecule has 0 aliphatic carbocycles. The zero-order valence-corrected chi connectivity index (χ0v) is 33.4. The van der Waals surface area contributed by atoms with Crippen molar-refractivity contribution in [2.75, 3.05) is 0 Å². The molecule has 290 valence electrons.